The lowest BCUT2D eigenvalue weighted by Gasteiger charge is -2.29. The number of benzene rings is 3. The van der Waals surface area contributed by atoms with Gasteiger partial charge in [-0.15, -0.1) is 0 Å². The Hall–Kier alpha value is -4.06. The number of rotatable bonds is 6. The van der Waals surface area contributed by atoms with Gasteiger partial charge in [-0.1, -0.05) is 48.5 Å². The molecular weight excluding hydrogens is 426 g/mol. The van der Waals surface area contributed by atoms with E-state index in [2.05, 4.69) is 0 Å². The van der Waals surface area contributed by atoms with Gasteiger partial charge in [0.2, 0.25) is 5.91 Å². The first kappa shape index (κ1) is 21.8. The van der Waals surface area contributed by atoms with Crippen molar-refractivity contribution in [3.8, 4) is 28.4 Å². The molecule has 0 unspecified atom stereocenters. The normalized spacial score (nSPS) is 12.8. The average molecular weight is 454 g/mol. The molecule has 6 heteroatoms. The van der Waals surface area contributed by atoms with Gasteiger partial charge in [-0.3, -0.25) is 9.69 Å². The minimum Gasteiger partial charge on any atom is -0.497 e. The van der Waals surface area contributed by atoms with E-state index in [-0.39, 0.29) is 5.91 Å². The summed E-state index contributed by atoms with van der Waals surface area (Å²) in [6.07, 6.45) is 1.16. The molecule has 6 nitrogen and oxygen atoms in total. The highest BCUT2D eigenvalue weighted by molar-refractivity contribution is 5.99. The number of aromatic nitrogens is 2. The van der Waals surface area contributed by atoms with Crippen LogP contribution in [0.4, 0.5) is 5.82 Å². The number of anilines is 1. The molecule has 1 aliphatic rings. The van der Waals surface area contributed by atoms with Crippen molar-refractivity contribution in [3.63, 3.8) is 0 Å². The maximum absolute atomic E-state index is 13.5. The van der Waals surface area contributed by atoms with Crippen LogP contribution in [0.5, 0.6) is 17.2 Å². The van der Waals surface area contributed by atoms with Crippen molar-refractivity contribution in [1.29, 1.82) is 0 Å². The fourth-order valence-electron chi connectivity index (χ4n) is 4.47. The molecule has 1 aromatic heterocycles. The molecule has 4 aromatic rings. The standard InChI is InChI=1S/C28H27N3O3/c1-20-27(24-14-6-7-15-25(24)34-22-11-4-3-5-12-22)28-30(16-9-17-31(28)29-20)26(32)19-21-10-8-13-23(18-21)33-2/h3-8,10-15,18H,9,16-17,19H2,1-2H3. The van der Waals surface area contributed by atoms with Crippen molar-refractivity contribution < 1.29 is 14.3 Å². The summed E-state index contributed by atoms with van der Waals surface area (Å²) in [5.41, 5.74) is 3.66. The van der Waals surface area contributed by atoms with Crippen LogP contribution in [0.1, 0.15) is 17.7 Å². The molecule has 0 radical (unpaired) electrons. The predicted octanol–water partition coefficient (Wildman–Crippen LogP) is 5.64. The number of ether oxygens (including phenoxy) is 2. The van der Waals surface area contributed by atoms with Crippen molar-refractivity contribution >= 4 is 11.7 Å². The Labute approximate surface area is 199 Å². The summed E-state index contributed by atoms with van der Waals surface area (Å²) in [6.45, 7) is 3.42. The van der Waals surface area contributed by atoms with Crippen LogP contribution < -0.4 is 14.4 Å². The number of methoxy groups -OCH3 is 1. The number of hydrogen-bond donors (Lipinski definition) is 0. The number of para-hydroxylation sites is 2. The van der Waals surface area contributed by atoms with Gasteiger partial charge >= 0.3 is 0 Å². The second kappa shape index (κ2) is 9.43. The first-order chi connectivity index (χ1) is 16.6. The molecule has 0 aliphatic carbocycles. The van der Waals surface area contributed by atoms with Crippen molar-refractivity contribution in [2.75, 3.05) is 18.6 Å². The van der Waals surface area contributed by atoms with E-state index in [1.807, 2.05) is 95.4 Å². The SMILES string of the molecule is COc1cccc(CC(=O)N2CCCn3nc(C)c(-c4ccccc4Oc4ccccc4)c32)c1. The predicted molar refractivity (Wildman–Crippen MR) is 133 cm³/mol. The maximum atomic E-state index is 13.5. The molecule has 5 rings (SSSR count). The van der Waals surface area contributed by atoms with Gasteiger partial charge in [0.25, 0.3) is 0 Å². The van der Waals surface area contributed by atoms with Crippen LogP contribution >= 0.6 is 0 Å². The fraction of sp³-hybridized carbons (Fsp3) is 0.214. The summed E-state index contributed by atoms with van der Waals surface area (Å²) in [5.74, 6) is 3.12. The maximum Gasteiger partial charge on any atom is 0.232 e. The fourth-order valence-corrected chi connectivity index (χ4v) is 4.47. The Kier molecular flexibility index (Phi) is 6.04. The molecular formula is C28H27N3O3. The molecule has 0 saturated carbocycles. The highest BCUT2D eigenvalue weighted by Crippen LogP contribution is 2.42. The third kappa shape index (κ3) is 4.27. The zero-order valence-corrected chi connectivity index (χ0v) is 19.4. The Balaban J connectivity index is 1.52. The van der Waals surface area contributed by atoms with Crippen LogP contribution in [0.3, 0.4) is 0 Å². The molecule has 0 atom stereocenters. The number of carbonyl (C=O) groups excluding carboxylic acids is 1. The van der Waals surface area contributed by atoms with Crippen LogP contribution in [-0.4, -0.2) is 29.3 Å². The molecule has 0 saturated heterocycles. The van der Waals surface area contributed by atoms with Gasteiger partial charge in [0, 0.05) is 18.7 Å². The molecule has 2 heterocycles. The number of hydrogen-bond acceptors (Lipinski definition) is 4. The van der Waals surface area contributed by atoms with E-state index >= 15 is 0 Å². The smallest absolute Gasteiger partial charge is 0.232 e. The molecule has 0 fully saturated rings. The topological polar surface area (TPSA) is 56.6 Å². The summed E-state index contributed by atoms with van der Waals surface area (Å²) in [7, 11) is 1.63. The van der Waals surface area contributed by atoms with E-state index in [0.717, 1.165) is 58.4 Å². The highest BCUT2D eigenvalue weighted by Gasteiger charge is 2.30. The van der Waals surface area contributed by atoms with Crippen LogP contribution in [-0.2, 0) is 17.8 Å². The van der Waals surface area contributed by atoms with Gasteiger partial charge in [0.05, 0.1) is 24.8 Å². The molecule has 0 bridgehead atoms. The first-order valence-electron chi connectivity index (χ1n) is 11.5. The van der Waals surface area contributed by atoms with Gasteiger partial charge in [-0.25, -0.2) is 4.68 Å². The van der Waals surface area contributed by atoms with E-state index in [9.17, 15) is 4.79 Å². The second-order valence-electron chi connectivity index (χ2n) is 8.35. The summed E-state index contributed by atoms with van der Waals surface area (Å²) in [6, 6.07) is 25.3. The van der Waals surface area contributed by atoms with Crippen molar-refractivity contribution in [3.05, 3.63) is 90.1 Å². The minimum absolute atomic E-state index is 0.0387. The van der Waals surface area contributed by atoms with Crippen LogP contribution in [0.25, 0.3) is 11.1 Å². The van der Waals surface area contributed by atoms with E-state index in [1.165, 1.54) is 0 Å². The molecule has 172 valence electrons. The average Bonchev–Trinajstić information content (AvgIpc) is 3.20. The molecule has 34 heavy (non-hydrogen) atoms. The van der Waals surface area contributed by atoms with Crippen LogP contribution in [0.15, 0.2) is 78.9 Å². The molecule has 1 amide bonds. The van der Waals surface area contributed by atoms with Gasteiger partial charge < -0.3 is 9.47 Å². The Morgan fingerprint density at radius 2 is 1.71 bits per heavy atom. The lowest BCUT2D eigenvalue weighted by Crippen LogP contribution is -2.38. The quantitative estimate of drug-likeness (QED) is 0.379. The summed E-state index contributed by atoms with van der Waals surface area (Å²) in [4.78, 5) is 15.4. The molecule has 1 aliphatic heterocycles. The third-order valence-corrected chi connectivity index (χ3v) is 6.03. The van der Waals surface area contributed by atoms with E-state index in [4.69, 9.17) is 14.6 Å². The Morgan fingerprint density at radius 3 is 2.53 bits per heavy atom. The third-order valence-electron chi connectivity index (χ3n) is 6.03. The number of aryl methyl sites for hydroxylation is 2. The first-order valence-corrected chi connectivity index (χ1v) is 11.5. The van der Waals surface area contributed by atoms with Gasteiger partial charge in [-0.05, 0) is 49.2 Å². The Morgan fingerprint density at radius 1 is 0.941 bits per heavy atom. The van der Waals surface area contributed by atoms with E-state index in [0.29, 0.717) is 13.0 Å². The largest absolute Gasteiger partial charge is 0.497 e. The Bertz CT molecular complexity index is 1310. The lowest BCUT2D eigenvalue weighted by molar-refractivity contribution is -0.118. The van der Waals surface area contributed by atoms with Gasteiger partial charge in [0.15, 0.2) is 0 Å². The highest BCUT2D eigenvalue weighted by atomic mass is 16.5. The number of carbonyl (C=O) groups is 1. The van der Waals surface area contributed by atoms with E-state index in [1.54, 1.807) is 7.11 Å². The summed E-state index contributed by atoms with van der Waals surface area (Å²) in [5, 5.41) is 4.79. The molecule has 0 spiro atoms. The second-order valence-corrected chi connectivity index (χ2v) is 8.35. The summed E-state index contributed by atoms with van der Waals surface area (Å²) >= 11 is 0. The molecule has 3 aromatic carbocycles. The minimum atomic E-state index is 0.0387. The van der Waals surface area contributed by atoms with Crippen LogP contribution in [0, 0.1) is 6.92 Å². The number of amides is 1. The van der Waals surface area contributed by atoms with E-state index < -0.39 is 0 Å². The van der Waals surface area contributed by atoms with Gasteiger partial charge in [0.1, 0.15) is 23.1 Å². The van der Waals surface area contributed by atoms with Crippen LogP contribution in [0.2, 0.25) is 0 Å². The number of nitrogens with zero attached hydrogens (tertiary/aromatic N) is 3. The van der Waals surface area contributed by atoms with Gasteiger partial charge in [-0.2, -0.15) is 5.10 Å². The zero-order chi connectivity index (χ0) is 23.5. The lowest BCUT2D eigenvalue weighted by atomic mass is 10.0. The zero-order valence-electron chi connectivity index (χ0n) is 19.4. The number of fused-ring (bicyclic) bond motifs is 1. The monoisotopic (exact) mass is 453 g/mol. The summed E-state index contributed by atoms with van der Waals surface area (Å²) < 4.78 is 13.5. The van der Waals surface area contributed by atoms with Crippen molar-refractivity contribution in [1.82, 2.24) is 9.78 Å². The molecule has 0 N–H and O–H groups in total. The van der Waals surface area contributed by atoms with Crippen molar-refractivity contribution in [2.45, 2.75) is 26.3 Å². The van der Waals surface area contributed by atoms with Crippen molar-refractivity contribution in [2.24, 2.45) is 0 Å².